The van der Waals surface area contributed by atoms with Gasteiger partial charge < -0.3 is 1.43 Å². The zero-order chi connectivity index (χ0) is 8.58. The largest absolute Gasteiger partial charge is 1.00 e. The Bertz CT molecular complexity index is 210. The maximum absolute atomic E-state index is 11.0. The van der Waals surface area contributed by atoms with E-state index >= 15 is 0 Å². The summed E-state index contributed by atoms with van der Waals surface area (Å²) in [5.41, 5.74) is -5.86. The summed E-state index contributed by atoms with van der Waals surface area (Å²) in [5, 5.41) is 0. The predicted molar refractivity (Wildman–Crippen MR) is 22.1 cm³/mol. The third-order valence-corrected chi connectivity index (χ3v) is 1.67. The van der Waals surface area contributed by atoms with Crippen molar-refractivity contribution in [2.45, 2.75) is 11.3 Å². The molecule has 0 radical (unpaired) electrons. The number of rotatable bonds is 1. The molecule has 0 unspecified atom stereocenters. The summed E-state index contributed by atoms with van der Waals surface area (Å²) in [4.78, 5) is 0. The Morgan fingerprint density at radius 2 is 1.45 bits per heavy atom. The molecular weight excluding hydrogens is 190 g/mol. The minimum atomic E-state index is -6.25. The van der Waals surface area contributed by atoms with Crippen LogP contribution in [0.4, 0.5) is 22.0 Å². The second-order valence-electron chi connectivity index (χ2n) is 1.25. The maximum Gasteiger partial charge on any atom is 1.00 e. The van der Waals surface area contributed by atoms with Crippen LogP contribution in [0.1, 0.15) is 1.43 Å². The van der Waals surface area contributed by atoms with Gasteiger partial charge in [-0.05, 0) is 0 Å². The van der Waals surface area contributed by atoms with Gasteiger partial charge in [0.2, 0.25) is 0 Å². The van der Waals surface area contributed by atoms with E-state index in [1.54, 1.807) is 0 Å². The van der Waals surface area contributed by atoms with Crippen molar-refractivity contribution in [2.24, 2.45) is 0 Å². The van der Waals surface area contributed by atoms with Gasteiger partial charge in [-0.15, -0.1) is 0 Å². The van der Waals surface area contributed by atoms with E-state index in [4.69, 9.17) is 0 Å². The first-order chi connectivity index (χ1) is 4.19. The number of alkyl halides is 5. The molecule has 0 amide bonds. The molecule has 0 aliphatic heterocycles. The smallest absolute Gasteiger partial charge is 1.00 e. The van der Waals surface area contributed by atoms with Gasteiger partial charge in [0.25, 0.3) is 0 Å². The summed E-state index contributed by atoms with van der Waals surface area (Å²) in [6.45, 7) is 0. The van der Waals surface area contributed by atoms with Crippen LogP contribution >= 0.6 is 0 Å². The molecule has 9 heteroatoms. The van der Waals surface area contributed by atoms with Crippen LogP contribution in [0.15, 0.2) is 0 Å². The van der Waals surface area contributed by atoms with E-state index in [9.17, 15) is 30.4 Å². The molecule has 0 aromatic rings. The Balaban J connectivity index is -0.000000405. The van der Waals surface area contributed by atoms with E-state index in [1.165, 1.54) is 0 Å². The predicted octanol–water partition coefficient (Wildman–Crippen LogP) is -1.74. The van der Waals surface area contributed by atoms with E-state index in [1.807, 2.05) is 0 Å². The molecule has 0 N–H and O–H groups in total. The van der Waals surface area contributed by atoms with Crippen molar-refractivity contribution in [3.05, 3.63) is 0 Å². The monoisotopic (exact) mass is 192 g/mol. The van der Waals surface area contributed by atoms with Crippen molar-refractivity contribution in [3.63, 3.8) is 0 Å². The minimum Gasteiger partial charge on any atom is -1.00 e. The topological polar surface area (TPSA) is 34.1 Å². The molecule has 0 aliphatic rings. The standard InChI is InChI=1S/C2HF5O2S.Li.H/c3-1(4)10(8,9)2(5,6)7;;/h1H;;/q;+1;-1. The van der Waals surface area contributed by atoms with E-state index in [0.29, 0.717) is 0 Å². The van der Waals surface area contributed by atoms with Crippen molar-refractivity contribution < 1.29 is 50.7 Å². The van der Waals surface area contributed by atoms with Crippen LogP contribution in [0.3, 0.4) is 0 Å². The first-order valence-electron chi connectivity index (χ1n) is 1.78. The second-order valence-corrected chi connectivity index (χ2v) is 3.16. The van der Waals surface area contributed by atoms with E-state index < -0.39 is 21.1 Å². The van der Waals surface area contributed by atoms with Gasteiger partial charge >= 0.3 is 40.0 Å². The zero-order valence-corrected chi connectivity index (χ0v) is 6.01. The third kappa shape index (κ3) is 2.97. The molecule has 0 saturated carbocycles. The van der Waals surface area contributed by atoms with Crippen LogP contribution in [0.5, 0.6) is 0 Å². The fourth-order valence-corrected chi connectivity index (χ4v) is 0.303. The third-order valence-electron chi connectivity index (χ3n) is 0.557. The first kappa shape index (κ1) is 13.8. The summed E-state index contributed by atoms with van der Waals surface area (Å²) in [7, 11) is -6.25. The fourth-order valence-electron chi connectivity index (χ4n) is 0.101. The van der Waals surface area contributed by atoms with Crippen LogP contribution in [0.2, 0.25) is 0 Å². The Hall–Kier alpha value is 0.197. The molecule has 0 heterocycles. The van der Waals surface area contributed by atoms with Gasteiger partial charge in [0.05, 0.1) is 0 Å². The van der Waals surface area contributed by atoms with Crippen molar-refractivity contribution >= 4 is 9.84 Å². The van der Waals surface area contributed by atoms with Gasteiger partial charge in [0, 0.05) is 0 Å². The molecule has 64 valence electrons. The molecule has 0 atom stereocenters. The molecule has 11 heavy (non-hydrogen) atoms. The summed E-state index contributed by atoms with van der Waals surface area (Å²) in [6.07, 6.45) is 0. The van der Waals surface area contributed by atoms with Gasteiger partial charge in [-0.25, -0.2) is 8.42 Å². The Morgan fingerprint density at radius 1 is 1.18 bits per heavy atom. The zero-order valence-electron chi connectivity index (χ0n) is 6.19. The van der Waals surface area contributed by atoms with Gasteiger partial charge in [-0.3, -0.25) is 0 Å². The fraction of sp³-hybridized carbons (Fsp3) is 1.00. The number of hydrogen-bond donors (Lipinski definition) is 0. The minimum absolute atomic E-state index is 0. The maximum atomic E-state index is 11.0. The van der Waals surface area contributed by atoms with E-state index in [2.05, 4.69) is 0 Å². The van der Waals surface area contributed by atoms with Crippen LogP contribution < -0.4 is 18.9 Å². The molecule has 2 nitrogen and oxygen atoms in total. The molecule has 0 aromatic carbocycles. The van der Waals surface area contributed by atoms with Crippen molar-refractivity contribution in [1.29, 1.82) is 0 Å². The van der Waals surface area contributed by atoms with Gasteiger partial charge in [-0.1, -0.05) is 0 Å². The van der Waals surface area contributed by atoms with Crippen LogP contribution in [-0.4, -0.2) is 19.7 Å². The van der Waals surface area contributed by atoms with Gasteiger partial charge in [-0.2, -0.15) is 22.0 Å². The Labute approximate surface area is 72.3 Å². The van der Waals surface area contributed by atoms with Crippen molar-refractivity contribution in [2.75, 3.05) is 0 Å². The first-order valence-corrected chi connectivity index (χ1v) is 3.32. The number of halogens is 5. The Kier molecular flexibility index (Phi) is 4.67. The Morgan fingerprint density at radius 3 is 1.45 bits per heavy atom. The van der Waals surface area contributed by atoms with Crippen molar-refractivity contribution in [3.8, 4) is 0 Å². The molecule has 0 rings (SSSR count). The quantitative estimate of drug-likeness (QED) is 0.365. The van der Waals surface area contributed by atoms with E-state index in [0.717, 1.165) is 0 Å². The molecule has 0 aliphatic carbocycles. The average molecular weight is 192 g/mol. The molecule has 0 bridgehead atoms. The van der Waals surface area contributed by atoms with E-state index in [-0.39, 0.29) is 20.3 Å². The SMILES string of the molecule is O=S(=O)(C(F)F)C(F)(F)F.[H-].[Li+]. The molecule has 0 saturated heterocycles. The molecule has 0 spiro atoms. The number of sulfone groups is 1. The average Bonchev–Trinajstić information content (AvgIpc) is 1.62. The summed E-state index contributed by atoms with van der Waals surface area (Å²) in [5.74, 6) is -4.40. The van der Waals surface area contributed by atoms with Crippen molar-refractivity contribution in [1.82, 2.24) is 0 Å². The van der Waals surface area contributed by atoms with Crippen LogP contribution in [-0.2, 0) is 9.84 Å². The summed E-state index contributed by atoms with van der Waals surface area (Å²) >= 11 is 0. The number of hydrogen-bond acceptors (Lipinski definition) is 2. The molecule has 0 aromatic heterocycles. The molecule has 0 fully saturated rings. The van der Waals surface area contributed by atoms with Gasteiger partial charge in [0.15, 0.2) is 0 Å². The molecular formula is C2H2F5LiO2S. The van der Waals surface area contributed by atoms with Crippen LogP contribution in [0.25, 0.3) is 0 Å². The normalized spacial score (nSPS) is 12.9. The van der Waals surface area contributed by atoms with Crippen LogP contribution in [0, 0.1) is 0 Å². The second kappa shape index (κ2) is 3.73. The summed E-state index contributed by atoms with van der Waals surface area (Å²) < 4.78 is 74.0. The van der Waals surface area contributed by atoms with Gasteiger partial charge in [0.1, 0.15) is 0 Å². The summed E-state index contributed by atoms with van der Waals surface area (Å²) in [6, 6.07) is 0.